The van der Waals surface area contributed by atoms with Gasteiger partial charge in [0.1, 0.15) is 23.7 Å². The Morgan fingerprint density at radius 1 is 1.04 bits per heavy atom. The maximum absolute atomic E-state index is 15.5. The van der Waals surface area contributed by atoms with Gasteiger partial charge in [0.15, 0.2) is 11.3 Å². The second-order valence-electron chi connectivity index (χ2n) is 12.6. The topological polar surface area (TPSA) is 135 Å². The summed E-state index contributed by atoms with van der Waals surface area (Å²) >= 11 is 0. The van der Waals surface area contributed by atoms with E-state index in [1.165, 1.54) is 26.2 Å². The number of fused-ring (bicyclic) bond motifs is 3. The maximum atomic E-state index is 15.5. The van der Waals surface area contributed by atoms with E-state index in [0.717, 1.165) is 63.6 Å². The third-order valence-electron chi connectivity index (χ3n) is 9.82. The molecule has 0 aromatic carbocycles. The molecule has 13 nitrogen and oxygen atoms in total. The van der Waals surface area contributed by atoms with Crippen LogP contribution in [0, 0.1) is 5.82 Å². The molecule has 248 valence electrons. The van der Waals surface area contributed by atoms with Crippen LogP contribution in [0.3, 0.4) is 0 Å². The number of nitrogens with one attached hydrogen (secondary N) is 1. The predicted molar refractivity (Wildman–Crippen MR) is 178 cm³/mol. The van der Waals surface area contributed by atoms with Crippen molar-refractivity contribution in [3.8, 4) is 16.9 Å². The molecule has 0 atom stereocenters. The molecule has 2 aliphatic heterocycles. The average Bonchev–Trinajstić information content (AvgIpc) is 3.38. The van der Waals surface area contributed by atoms with Crippen molar-refractivity contribution >= 4 is 22.7 Å². The Morgan fingerprint density at radius 3 is 2.58 bits per heavy atom. The summed E-state index contributed by atoms with van der Waals surface area (Å²) in [7, 11) is 1.64. The first kappa shape index (κ1) is 30.4. The first-order valence-corrected chi connectivity index (χ1v) is 16.3. The Labute approximate surface area is 274 Å². The highest BCUT2D eigenvalue weighted by Gasteiger charge is 2.29. The minimum absolute atomic E-state index is 0.126. The summed E-state index contributed by atoms with van der Waals surface area (Å²) in [5, 5.41) is 18.1. The Morgan fingerprint density at radius 2 is 1.85 bits per heavy atom. The molecule has 0 saturated carbocycles. The molecule has 0 radical (unpaired) electrons. The molecular weight excluding hydrogens is 617 g/mol. The largest absolute Gasteiger partial charge is 0.392 e. The first-order valence-electron chi connectivity index (χ1n) is 16.3. The van der Waals surface area contributed by atoms with Gasteiger partial charge in [-0.25, -0.2) is 23.4 Å². The van der Waals surface area contributed by atoms with Crippen molar-refractivity contribution in [2.24, 2.45) is 7.05 Å². The Kier molecular flexibility index (Phi) is 7.77. The second-order valence-corrected chi connectivity index (χ2v) is 12.6. The van der Waals surface area contributed by atoms with Crippen LogP contribution in [0.1, 0.15) is 29.7 Å². The number of hydrogen-bond donors (Lipinski definition) is 2. The highest BCUT2D eigenvalue weighted by atomic mass is 19.1. The van der Waals surface area contributed by atoms with E-state index in [1.807, 2.05) is 18.3 Å². The summed E-state index contributed by atoms with van der Waals surface area (Å²) in [5.74, 6) is 0.102. The molecule has 0 bridgehead atoms. The second kappa shape index (κ2) is 12.3. The van der Waals surface area contributed by atoms with Crippen LogP contribution in [-0.4, -0.2) is 84.2 Å². The summed E-state index contributed by atoms with van der Waals surface area (Å²) in [5.41, 5.74) is 3.07. The van der Waals surface area contributed by atoms with Gasteiger partial charge in [-0.05, 0) is 55.5 Å². The lowest BCUT2D eigenvalue weighted by molar-refractivity contribution is -0.0660. The number of aromatic nitrogens is 6. The third kappa shape index (κ3) is 5.16. The molecule has 2 saturated heterocycles. The fourth-order valence-electron chi connectivity index (χ4n) is 7.09. The molecule has 5 aromatic rings. The number of aliphatic hydroxyl groups excluding tert-OH is 1. The normalized spacial score (nSPS) is 17.0. The molecule has 5 aromatic heterocycles. The fourth-order valence-corrected chi connectivity index (χ4v) is 7.09. The summed E-state index contributed by atoms with van der Waals surface area (Å²) in [6.07, 6.45) is 9.29. The lowest BCUT2D eigenvalue weighted by atomic mass is 9.98. The minimum atomic E-state index is -0.608. The number of anilines is 3. The molecule has 1 aliphatic carbocycles. The molecule has 0 spiro atoms. The fraction of sp³-hybridized carbons (Fsp3) is 0.382. The van der Waals surface area contributed by atoms with E-state index >= 15 is 4.39 Å². The van der Waals surface area contributed by atoms with Gasteiger partial charge in [0.2, 0.25) is 0 Å². The molecule has 8 rings (SSSR count). The van der Waals surface area contributed by atoms with Gasteiger partial charge >= 0.3 is 0 Å². The number of pyridine rings is 3. The Balaban J connectivity index is 1.09. The predicted octanol–water partition coefficient (Wildman–Crippen LogP) is 2.42. The minimum Gasteiger partial charge on any atom is -0.392 e. The van der Waals surface area contributed by atoms with Crippen LogP contribution in [-0.2, 0) is 31.2 Å². The highest BCUT2D eigenvalue weighted by molar-refractivity contribution is 5.73. The molecule has 2 fully saturated rings. The van der Waals surface area contributed by atoms with Crippen LogP contribution < -0.4 is 21.3 Å². The number of piperazine rings is 1. The number of aryl methyl sites for hydroxylation is 2. The Hall–Kier alpha value is -4.92. The van der Waals surface area contributed by atoms with E-state index in [0.29, 0.717) is 47.0 Å². The summed E-state index contributed by atoms with van der Waals surface area (Å²) < 4.78 is 24.8. The van der Waals surface area contributed by atoms with E-state index in [2.05, 4.69) is 30.2 Å². The van der Waals surface area contributed by atoms with Crippen molar-refractivity contribution < 1.29 is 14.2 Å². The molecule has 48 heavy (non-hydrogen) atoms. The van der Waals surface area contributed by atoms with Crippen molar-refractivity contribution in [3.63, 3.8) is 0 Å². The van der Waals surface area contributed by atoms with Crippen LogP contribution >= 0.6 is 0 Å². The smallest absolute Gasteiger partial charge is 0.286 e. The SMILES string of the molecule is Cn1cc(-c2ccnc(-n3cnn4c5c(c(F)c4c3=O)CCCC5)c2CO)cc(Nc2ccc(N3CCN(C4COC4)CC3)cn2)c1=O. The van der Waals surface area contributed by atoms with Gasteiger partial charge in [-0.15, -0.1) is 0 Å². The average molecular weight is 654 g/mol. The van der Waals surface area contributed by atoms with Gasteiger partial charge < -0.3 is 24.6 Å². The highest BCUT2D eigenvalue weighted by Crippen LogP contribution is 2.30. The van der Waals surface area contributed by atoms with Crippen LogP contribution in [0.5, 0.6) is 0 Å². The molecular formula is C34H36FN9O4. The number of nitrogens with zero attached hydrogens (tertiary/aromatic N) is 8. The molecule has 3 aliphatic rings. The molecule has 0 amide bonds. The van der Waals surface area contributed by atoms with Gasteiger partial charge in [0.05, 0.1) is 37.7 Å². The molecule has 0 unspecified atom stereocenters. The van der Waals surface area contributed by atoms with Gasteiger partial charge in [0, 0.05) is 68.0 Å². The standard InChI is InChI=1S/C34H36FN9O4/c1-40-16-21(14-27(33(40)46)39-29-7-6-22(15-37-29)41-10-12-42(13-11-41)23-18-48-19-23)24-8-9-36-32(26(24)17-45)43-20-38-44-28-5-3-2-4-25(28)30(35)31(44)34(43)47/h6-9,14-16,20,23,45H,2-5,10-13,17-19H2,1H3,(H,37,39). The zero-order valence-electron chi connectivity index (χ0n) is 26.6. The quantitative estimate of drug-likeness (QED) is 0.270. The zero-order chi connectivity index (χ0) is 32.9. The summed E-state index contributed by atoms with van der Waals surface area (Å²) in [4.78, 5) is 40.7. The van der Waals surface area contributed by atoms with Gasteiger partial charge in [-0.2, -0.15) is 5.10 Å². The van der Waals surface area contributed by atoms with E-state index in [4.69, 9.17) is 4.74 Å². The van der Waals surface area contributed by atoms with E-state index in [1.54, 1.807) is 25.4 Å². The third-order valence-corrected chi connectivity index (χ3v) is 9.82. The maximum Gasteiger partial charge on any atom is 0.286 e. The number of hydrogen-bond acceptors (Lipinski definition) is 10. The van der Waals surface area contributed by atoms with Crippen molar-refractivity contribution in [3.05, 3.63) is 92.5 Å². The van der Waals surface area contributed by atoms with Crippen LogP contribution in [0.15, 0.2) is 58.8 Å². The van der Waals surface area contributed by atoms with Crippen molar-refractivity contribution in [2.45, 2.75) is 38.3 Å². The summed E-state index contributed by atoms with van der Waals surface area (Å²) in [6, 6.07) is 7.77. The van der Waals surface area contributed by atoms with Crippen LogP contribution in [0.4, 0.5) is 21.6 Å². The van der Waals surface area contributed by atoms with Gasteiger partial charge in [0.25, 0.3) is 11.1 Å². The van der Waals surface area contributed by atoms with Gasteiger partial charge in [-0.1, -0.05) is 0 Å². The first-order chi connectivity index (χ1) is 23.4. The van der Waals surface area contributed by atoms with E-state index in [9.17, 15) is 14.7 Å². The monoisotopic (exact) mass is 653 g/mol. The summed E-state index contributed by atoms with van der Waals surface area (Å²) in [6.45, 7) is 4.95. The lowest BCUT2D eigenvalue weighted by Crippen LogP contribution is -2.56. The van der Waals surface area contributed by atoms with E-state index in [-0.39, 0.29) is 22.6 Å². The van der Waals surface area contributed by atoms with E-state index < -0.39 is 18.0 Å². The zero-order valence-corrected chi connectivity index (χ0v) is 26.6. The van der Waals surface area contributed by atoms with Crippen molar-refractivity contribution in [1.82, 2.24) is 33.6 Å². The van der Waals surface area contributed by atoms with Crippen molar-refractivity contribution in [1.29, 1.82) is 0 Å². The number of rotatable bonds is 7. The number of ether oxygens (including phenoxy) is 1. The molecule has 7 heterocycles. The van der Waals surface area contributed by atoms with Crippen molar-refractivity contribution in [2.75, 3.05) is 49.6 Å². The molecule has 2 N–H and O–H groups in total. The number of aliphatic hydroxyl groups is 1. The van der Waals surface area contributed by atoms with Gasteiger partial charge in [-0.3, -0.25) is 14.5 Å². The number of halogens is 1. The lowest BCUT2D eigenvalue weighted by Gasteiger charge is -2.43. The van der Waals surface area contributed by atoms with Crippen LogP contribution in [0.2, 0.25) is 0 Å². The van der Waals surface area contributed by atoms with Crippen LogP contribution in [0.25, 0.3) is 22.5 Å². The molecule has 14 heteroatoms. The Bertz CT molecular complexity index is 2130.